The zero-order valence-corrected chi connectivity index (χ0v) is 18.0. The fraction of sp³-hybridized carbons (Fsp3) is 0.435. The van der Waals surface area contributed by atoms with Crippen molar-refractivity contribution in [3.05, 3.63) is 48.0 Å². The van der Waals surface area contributed by atoms with E-state index in [0.29, 0.717) is 18.7 Å². The minimum absolute atomic E-state index is 0.0144. The van der Waals surface area contributed by atoms with Gasteiger partial charge in [-0.1, -0.05) is 30.8 Å². The van der Waals surface area contributed by atoms with Crippen molar-refractivity contribution in [3.8, 4) is 0 Å². The molecule has 2 aliphatic rings. The number of para-hydroxylation sites is 1. The van der Waals surface area contributed by atoms with Crippen molar-refractivity contribution in [1.29, 1.82) is 0 Å². The Labute approximate surface area is 177 Å². The molecule has 0 saturated carbocycles. The molecule has 1 atom stereocenters. The second-order valence-corrected chi connectivity index (χ2v) is 8.74. The first-order valence-corrected chi connectivity index (χ1v) is 11.3. The van der Waals surface area contributed by atoms with Crippen molar-refractivity contribution < 1.29 is 9.63 Å². The maximum absolute atomic E-state index is 12.5. The van der Waals surface area contributed by atoms with Gasteiger partial charge in [-0.05, 0) is 56.5 Å². The summed E-state index contributed by atoms with van der Waals surface area (Å²) in [6.07, 6.45) is 3.34. The van der Waals surface area contributed by atoms with Crippen LogP contribution in [0, 0.1) is 0 Å². The minimum atomic E-state index is -0.0144. The summed E-state index contributed by atoms with van der Waals surface area (Å²) in [4.78, 5) is 23.4. The number of benzene rings is 2. The topological polar surface area (TPSA) is 44.8 Å². The van der Waals surface area contributed by atoms with Gasteiger partial charge in [0.05, 0.1) is 24.0 Å². The lowest BCUT2D eigenvalue weighted by Gasteiger charge is -2.37. The smallest absolute Gasteiger partial charge is 0.251 e. The molecule has 2 aromatic carbocycles. The quantitative estimate of drug-likeness (QED) is 0.706. The minimum Gasteiger partial charge on any atom is -0.352 e. The number of nitrogens with one attached hydrogen (secondary N) is 1. The van der Waals surface area contributed by atoms with Crippen LogP contribution < -0.4 is 10.2 Å². The summed E-state index contributed by atoms with van der Waals surface area (Å²) in [5.41, 5.74) is 2.96. The summed E-state index contributed by atoms with van der Waals surface area (Å²) >= 11 is 1.76. The molecule has 0 aromatic heterocycles. The highest BCUT2D eigenvalue weighted by molar-refractivity contribution is 7.99. The van der Waals surface area contributed by atoms with Gasteiger partial charge in [-0.2, -0.15) is 5.06 Å². The molecule has 5 nitrogen and oxygen atoms in total. The van der Waals surface area contributed by atoms with Crippen molar-refractivity contribution >= 4 is 29.0 Å². The summed E-state index contributed by atoms with van der Waals surface area (Å²) in [6.45, 7) is 7.58. The molecule has 0 spiro atoms. The summed E-state index contributed by atoms with van der Waals surface area (Å²) in [7, 11) is 0. The Morgan fingerprint density at radius 3 is 2.69 bits per heavy atom. The molecule has 1 saturated heterocycles. The fourth-order valence-corrected chi connectivity index (χ4v) is 4.90. The largest absolute Gasteiger partial charge is 0.352 e. The molecule has 1 N–H and O–H groups in total. The van der Waals surface area contributed by atoms with Crippen LogP contribution in [0.1, 0.15) is 43.5 Å². The molecule has 6 heteroatoms. The monoisotopic (exact) mass is 411 g/mol. The third-order valence-electron chi connectivity index (χ3n) is 5.37. The number of fused-ring (bicyclic) bond motifs is 2. The van der Waals surface area contributed by atoms with Crippen LogP contribution in [0.15, 0.2) is 52.3 Å². The molecule has 1 fully saturated rings. The van der Waals surface area contributed by atoms with Crippen LogP contribution in [-0.4, -0.2) is 43.3 Å². The van der Waals surface area contributed by atoms with Gasteiger partial charge < -0.3 is 10.2 Å². The van der Waals surface area contributed by atoms with Crippen molar-refractivity contribution in [2.75, 3.05) is 31.1 Å². The second-order valence-electron chi connectivity index (χ2n) is 7.66. The van der Waals surface area contributed by atoms with Gasteiger partial charge in [0, 0.05) is 35.0 Å². The lowest BCUT2D eigenvalue weighted by atomic mass is 10.1. The Morgan fingerprint density at radius 1 is 1.14 bits per heavy atom. The molecule has 1 unspecified atom stereocenters. The van der Waals surface area contributed by atoms with Crippen LogP contribution in [0.3, 0.4) is 0 Å². The number of carbonyl (C=O) groups excluding carboxylic acids is 1. The van der Waals surface area contributed by atoms with Crippen LogP contribution in [0.25, 0.3) is 0 Å². The Hall–Kier alpha value is -2.02. The maximum Gasteiger partial charge on any atom is 0.251 e. The normalized spacial score (nSPS) is 17.0. The lowest BCUT2D eigenvalue weighted by Crippen LogP contribution is -2.37. The van der Waals surface area contributed by atoms with Crippen molar-refractivity contribution in [2.45, 2.75) is 48.9 Å². The molecule has 4 rings (SSSR count). The zero-order valence-electron chi connectivity index (χ0n) is 17.2. The summed E-state index contributed by atoms with van der Waals surface area (Å²) in [5, 5.41) is 5.07. The van der Waals surface area contributed by atoms with Crippen molar-refractivity contribution in [3.63, 3.8) is 0 Å². The predicted molar refractivity (Wildman–Crippen MR) is 118 cm³/mol. The number of hydroxylamine groups is 2. The summed E-state index contributed by atoms with van der Waals surface area (Å²) in [6, 6.07) is 14.6. The highest BCUT2D eigenvalue weighted by atomic mass is 32.2. The SMILES string of the molecule is CCCNC(=O)c1ccc2c(c1)N(C(C)CON1CCCC1)c1ccccc1S2. The van der Waals surface area contributed by atoms with E-state index >= 15 is 0 Å². The van der Waals surface area contributed by atoms with E-state index in [0.717, 1.165) is 25.2 Å². The van der Waals surface area contributed by atoms with E-state index in [9.17, 15) is 4.79 Å². The fourth-order valence-electron chi connectivity index (χ4n) is 3.84. The first-order valence-electron chi connectivity index (χ1n) is 10.5. The molecule has 2 aromatic rings. The summed E-state index contributed by atoms with van der Waals surface area (Å²) in [5.74, 6) is -0.0144. The van der Waals surface area contributed by atoms with Gasteiger partial charge in [-0.15, -0.1) is 0 Å². The number of carbonyl (C=O) groups is 1. The molecule has 1 amide bonds. The molecule has 2 heterocycles. The van der Waals surface area contributed by atoms with Crippen LogP contribution in [0.2, 0.25) is 0 Å². The van der Waals surface area contributed by atoms with Gasteiger partial charge in [0.1, 0.15) is 0 Å². The van der Waals surface area contributed by atoms with Gasteiger partial charge in [0.25, 0.3) is 5.91 Å². The Bertz CT molecular complexity index is 867. The van der Waals surface area contributed by atoms with Gasteiger partial charge in [0.15, 0.2) is 0 Å². The predicted octanol–water partition coefficient (Wildman–Crippen LogP) is 4.85. The third-order valence-corrected chi connectivity index (χ3v) is 6.50. The third kappa shape index (κ3) is 4.44. The number of rotatable bonds is 7. The molecule has 2 aliphatic heterocycles. The van der Waals surface area contributed by atoms with Crippen molar-refractivity contribution in [2.24, 2.45) is 0 Å². The summed E-state index contributed by atoms with van der Waals surface area (Å²) < 4.78 is 0. The Balaban J connectivity index is 1.62. The molecular formula is C23H29N3O2S. The van der Waals surface area contributed by atoms with Gasteiger partial charge >= 0.3 is 0 Å². The first kappa shape index (κ1) is 20.3. The number of hydrogen-bond donors (Lipinski definition) is 1. The highest BCUT2D eigenvalue weighted by Gasteiger charge is 2.28. The van der Waals surface area contributed by atoms with Gasteiger partial charge in [-0.25, -0.2) is 0 Å². The average molecular weight is 412 g/mol. The molecule has 154 valence electrons. The Kier molecular flexibility index (Phi) is 6.43. The number of nitrogens with zero attached hydrogens (tertiary/aromatic N) is 2. The van der Waals surface area contributed by atoms with Crippen LogP contribution in [0.5, 0.6) is 0 Å². The molecule has 0 bridgehead atoms. The van der Waals surface area contributed by atoms with E-state index in [1.54, 1.807) is 11.8 Å². The number of anilines is 2. The number of amides is 1. The van der Waals surface area contributed by atoms with Crippen LogP contribution >= 0.6 is 11.8 Å². The standard InChI is InChI=1S/C23H29N3O2S/c1-3-12-24-23(27)18-10-11-22-20(15-18)26(19-8-4-5-9-21(19)29-22)17(2)16-28-25-13-6-7-14-25/h4-5,8-11,15,17H,3,6-7,12-14,16H2,1-2H3,(H,24,27). The van der Waals surface area contributed by atoms with E-state index in [4.69, 9.17) is 4.84 Å². The second kappa shape index (κ2) is 9.20. The van der Waals surface area contributed by atoms with Crippen LogP contribution in [-0.2, 0) is 4.84 Å². The van der Waals surface area contributed by atoms with Gasteiger partial charge in [0.2, 0.25) is 0 Å². The van der Waals surface area contributed by atoms with E-state index < -0.39 is 0 Å². The molecule has 0 radical (unpaired) electrons. The lowest BCUT2D eigenvalue weighted by molar-refractivity contribution is -0.145. The van der Waals surface area contributed by atoms with E-state index in [1.165, 1.54) is 28.3 Å². The van der Waals surface area contributed by atoms with E-state index in [-0.39, 0.29) is 11.9 Å². The average Bonchev–Trinajstić information content (AvgIpc) is 3.27. The molecule has 0 aliphatic carbocycles. The van der Waals surface area contributed by atoms with E-state index in [1.807, 2.05) is 12.1 Å². The molecular weight excluding hydrogens is 382 g/mol. The maximum atomic E-state index is 12.5. The molecule has 29 heavy (non-hydrogen) atoms. The zero-order chi connectivity index (χ0) is 20.2. The number of hydrogen-bond acceptors (Lipinski definition) is 5. The van der Waals surface area contributed by atoms with Crippen LogP contribution in [0.4, 0.5) is 11.4 Å². The van der Waals surface area contributed by atoms with Crippen molar-refractivity contribution in [1.82, 2.24) is 10.4 Å². The Morgan fingerprint density at radius 2 is 1.90 bits per heavy atom. The highest BCUT2D eigenvalue weighted by Crippen LogP contribution is 2.49. The van der Waals surface area contributed by atoms with E-state index in [2.05, 4.69) is 59.5 Å². The first-order chi connectivity index (χ1) is 14.2. The van der Waals surface area contributed by atoms with Gasteiger partial charge in [-0.3, -0.25) is 9.63 Å².